The standard InChI is InChI=1S/C13H25N3O/c1-3-5-15(2)9-11-4-6-16(10-11)13(17)12-7-14-8-12/h11-12,14H,3-10H2,1-2H3. The molecule has 0 aliphatic carbocycles. The molecule has 0 spiro atoms. The van der Waals surface area contributed by atoms with Crippen LogP contribution >= 0.6 is 0 Å². The van der Waals surface area contributed by atoms with Crippen molar-refractivity contribution in [2.24, 2.45) is 11.8 Å². The molecule has 2 saturated heterocycles. The molecular formula is C13H25N3O. The highest BCUT2D eigenvalue weighted by Gasteiger charge is 2.33. The van der Waals surface area contributed by atoms with Gasteiger partial charge in [-0.1, -0.05) is 6.92 Å². The van der Waals surface area contributed by atoms with Gasteiger partial charge in [0, 0.05) is 32.7 Å². The van der Waals surface area contributed by atoms with Gasteiger partial charge in [0.05, 0.1) is 5.92 Å². The highest BCUT2D eigenvalue weighted by Crippen LogP contribution is 2.20. The maximum Gasteiger partial charge on any atom is 0.228 e. The van der Waals surface area contributed by atoms with E-state index in [4.69, 9.17) is 0 Å². The molecule has 4 nitrogen and oxygen atoms in total. The van der Waals surface area contributed by atoms with Gasteiger partial charge < -0.3 is 15.1 Å². The van der Waals surface area contributed by atoms with Crippen LogP contribution < -0.4 is 5.32 Å². The lowest BCUT2D eigenvalue weighted by molar-refractivity contribution is -0.136. The van der Waals surface area contributed by atoms with Gasteiger partial charge in [-0.15, -0.1) is 0 Å². The molecule has 17 heavy (non-hydrogen) atoms. The molecule has 0 aromatic carbocycles. The van der Waals surface area contributed by atoms with E-state index in [1.165, 1.54) is 12.8 Å². The Morgan fingerprint density at radius 2 is 2.24 bits per heavy atom. The zero-order chi connectivity index (χ0) is 12.3. The summed E-state index contributed by atoms with van der Waals surface area (Å²) in [5.74, 6) is 1.33. The fourth-order valence-corrected chi connectivity index (χ4v) is 2.82. The Balaban J connectivity index is 1.73. The molecule has 2 rings (SSSR count). The highest BCUT2D eigenvalue weighted by atomic mass is 16.2. The van der Waals surface area contributed by atoms with Crippen LogP contribution in [0.25, 0.3) is 0 Å². The Hall–Kier alpha value is -0.610. The van der Waals surface area contributed by atoms with Gasteiger partial charge >= 0.3 is 0 Å². The van der Waals surface area contributed by atoms with E-state index in [1.807, 2.05) is 0 Å². The van der Waals surface area contributed by atoms with E-state index in [0.717, 1.165) is 39.3 Å². The number of hydrogen-bond acceptors (Lipinski definition) is 3. The van der Waals surface area contributed by atoms with E-state index in [2.05, 4.69) is 29.1 Å². The Bertz CT molecular complexity index is 265. The van der Waals surface area contributed by atoms with Gasteiger partial charge in [0.15, 0.2) is 0 Å². The largest absolute Gasteiger partial charge is 0.342 e. The van der Waals surface area contributed by atoms with Crippen LogP contribution in [0.3, 0.4) is 0 Å². The van der Waals surface area contributed by atoms with Crippen molar-refractivity contribution in [3.63, 3.8) is 0 Å². The minimum Gasteiger partial charge on any atom is -0.342 e. The van der Waals surface area contributed by atoms with E-state index in [0.29, 0.717) is 11.8 Å². The van der Waals surface area contributed by atoms with Crippen LogP contribution in [0.4, 0.5) is 0 Å². The smallest absolute Gasteiger partial charge is 0.228 e. The average Bonchev–Trinajstić information content (AvgIpc) is 2.63. The average molecular weight is 239 g/mol. The van der Waals surface area contributed by atoms with Crippen molar-refractivity contribution >= 4 is 5.91 Å². The maximum absolute atomic E-state index is 12.1. The Morgan fingerprint density at radius 1 is 1.47 bits per heavy atom. The van der Waals surface area contributed by atoms with Crippen molar-refractivity contribution in [3.8, 4) is 0 Å². The predicted octanol–water partition coefficient (Wildman–Crippen LogP) is 0.396. The summed E-state index contributed by atoms with van der Waals surface area (Å²) in [5.41, 5.74) is 0. The van der Waals surface area contributed by atoms with Crippen molar-refractivity contribution in [2.75, 3.05) is 46.3 Å². The van der Waals surface area contributed by atoms with E-state index in [9.17, 15) is 4.79 Å². The number of likely N-dealkylation sites (tertiary alicyclic amines) is 1. The summed E-state index contributed by atoms with van der Waals surface area (Å²) in [7, 11) is 2.18. The first-order valence-corrected chi connectivity index (χ1v) is 6.88. The summed E-state index contributed by atoms with van der Waals surface area (Å²) in [6, 6.07) is 0. The lowest BCUT2D eigenvalue weighted by atomic mass is 10.0. The Labute approximate surface area is 104 Å². The summed E-state index contributed by atoms with van der Waals surface area (Å²) in [6.45, 7) is 8.23. The molecule has 2 aliphatic heterocycles. The molecule has 0 saturated carbocycles. The second-order valence-electron chi connectivity index (χ2n) is 5.56. The molecule has 4 heteroatoms. The van der Waals surface area contributed by atoms with Crippen LogP contribution in [-0.4, -0.2) is 62.0 Å². The molecule has 0 aromatic rings. The van der Waals surface area contributed by atoms with Crippen molar-refractivity contribution < 1.29 is 4.79 Å². The fraction of sp³-hybridized carbons (Fsp3) is 0.923. The van der Waals surface area contributed by atoms with Crippen molar-refractivity contribution in [2.45, 2.75) is 19.8 Å². The first kappa shape index (κ1) is 12.8. The predicted molar refractivity (Wildman–Crippen MR) is 68.8 cm³/mol. The number of nitrogens with zero attached hydrogens (tertiary/aromatic N) is 2. The molecule has 0 bridgehead atoms. The van der Waals surface area contributed by atoms with Crippen LogP contribution in [0.2, 0.25) is 0 Å². The number of amides is 1. The molecule has 1 unspecified atom stereocenters. The van der Waals surface area contributed by atoms with Gasteiger partial charge in [0.2, 0.25) is 5.91 Å². The number of carbonyl (C=O) groups excluding carboxylic acids is 1. The van der Waals surface area contributed by atoms with Gasteiger partial charge in [0.1, 0.15) is 0 Å². The molecule has 1 N–H and O–H groups in total. The molecule has 2 aliphatic rings. The third-order valence-electron chi connectivity index (χ3n) is 3.90. The quantitative estimate of drug-likeness (QED) is 0.754. The van der Waals surface area contributed by atoms with E-state index in [-0.39, 0.29) is 5.92 Å². The SMILES string of the molecule is CCCN(C)CC1CCN(C(=O)C2CNC2)C1. The molecular weight excluding hydrogens is 214 g/mol. The molecule has 2 fully saturated rings. The monoisotopic (exact) mass is 239 g/mol. The summed E-state index contributed by atoms with van der Waals surface area (Å²) in [6.07, 6.45) is 2.39. The van der Waals surface area contributed by atoms with Gasteiger partial charge in [-0.25, -0.2) is 0 Å². The van der Waals surface area contributed by atoms with Gasteiger partial charge in [-0.05, 0) is 32.4 Å². The van der Waals surface area contributed by atoms with Gasteiger partial charge in [0.25, 0.3) is 0 Å². The maximum atomic E-state index is 12.1. The van der Waals surface area contributed by atoms with Crippen LogP contribution in [0.5, 0.6) is 0 Å². The van der Waals surface area contributed by atoms with Crippen LogP contribution in [0.15, 0.2) is 0 Å². The van der Waals surface area contributed by atoms with Gasteiger partial charge in [-0.2, -0.15) is 0 Å². The fourth-order valence-electron chi connectivity index (χ4n) is 2.82. The van der Waals surface area contributed by atoms with E-state index in [1.54, 1.807) is 0 Å². The molecule has 1 amide bonds. The molecule has 98 valence electrons. The summed E-state index contributed by atoms with van der Waals surface area (Å²) in [5, 5.41) is 3.17. The third kappa shape index (κ3) is 3.19. The topological polar surface area (TPSA) is 35.6 Å². The van der Waals surface area contributed by atoms with Crippen LogP contribution in [0, 0.1) is 11.8 Å². The Morgan fingerprint density at radius 3 is 2.82 bits per heavy atom. The first-order chi connectivity index (χ1) is 8.20. The van der Waals surface area contributed by atoms with Crippen molar-refractivity contribution in [1.82, 2.24) is 15.1 Å². The number of hydrogen-bond donors (Lipinski definition) is 1. The van der Waals surface area contributed by atoms with Crippen LogP contribution in [-0.2, 0) is 4.79 Å². The van der Waals surface area contributed by atoms with E-state index >= 15 is 0 Å². The number of nitrogens with one attached hydrogen (secondary N) is 1. The highest BCUT2D eigenvalue weighted by molar-refractivity contribution is 5.80. The molecule has 0 radical (unpaired) electrons. The molecule has 2 heterocycles. The lowest BCUT2D eigenvalue weighted by Crippen LogP contribution is -2.51. The zero-order valence-corrected chi connectivity index (χ0v) is 11.1. The zero-order valence-electron chi connectivity index (χ0n) is 11.1. The van der Waals surface area contributed by atoms with Crippen LogP contribution in [0.1, 0.15) is 19.8 Å². The lowest BCUT2D eigenvalue weighted by Gasteiger charge is -2.30. The number of carbonyl (C=O) groups is 1. The van der Waals surface area contributed by atoms with E-state index < -0.39 is 0 Å². The minimum absolute atomic E-state index is 0.266. The van der Waals surface area contributed by atoms with Crippen molar-refractivity contribution in [3.05, 3.63) is 0 Å². The van der Waals surface area contributed by atoms with Gasteiger partial charge in [-0.3, -0.25) is 4.79 Å². The summed E-state index contributed by atoms with van der Waals surface area (Å²) in [4.78, 5) is 16.5. The van der Waals surface area contributed by atoms with Crippen molar-refractivity contribution in [1.29, 1.82) is 0 Å². The number of rotatable bonds is 5. The second kappa shape index (κ2) is 5.83. The minimum atomic E-state index is 0.266. The molecule has 1 atom stereocenters. The summed E-state index contributed by atoms with van der Waals surface area (Å²) < 4.78 is 0. The Kier molecular flexibility index (Phi) is 4.40. The third-order valence-corrected chi connectivity index (χ3v) is 3.90. The second-order valence-corrected chi connectivity index (χ2v) is 5.56. The molecule has 0 aromatic heterocycles. The summed E-state index contributed by atoms with van der Waals surface area (Å²) >= 11 is 0. The first-order valence-electron chi connectivity index (χ1n) is 6.88. The normalized spacial score (nSPS) is 25.4.